The third kappa shape index (κ3) is 21.7. The van der Waals surface area contributed by atoms with Crippen LogP contribution < -0.4 is 23.7 Å². The monoisotopic (exact) mass is 1210 g/mol. The van der Waals surface area contributed by atoms with Crippen LogP contribution in [0.15, 0.2) is 158 Å². The summed E-state index contributed by atoms with van der Waals surface area (Å²) in [5.41, 5.74) is 6.12. The highest BCUT2D eigenvalue weighted by Gasteiger charge is 2.31. The second-order valence-corrected chi connectivity index (χ2v) is 21.2. The summed E-state index contributed by atoms with van der Waals surface area (Å²) in [5.74, 6) is -2.94. The van der Waals surface area contributed by atoms with Crippen LogP contribution in [0.3, 0.4) is 0 Å². The zero-order valence-corrected chi connectivity index (χ0v) is 50.7. The van der Waals surface area contributed by atoms with Crippen molar-refractivity contribution in [1.82, 2.24) is 0 Å². The predicted molar refractivity (Wildman–Crippen MR) is 327 cm³/mol. The number of hydrogen-bond acceptors (Lipinski definition) is 20. The Labute approximate surface area is 512 Å². The van der Waals surface area contributed by atoms with Crippen LogP contribution in [-0.4, -0.2) is 152 Å². The first kappa shape index (κ1) is 69.7. The molecule has 0 aromatic heterocycles. The molecule has 0 spiro atoms. The molecule has 5 atom stereocenters. The molecule has 470 valence electrons. The van der Waals surface area contributed by atoms with E-state index in [9.17, 15) is 49.5 Å². The Balaban J connectivity index is 1.74. The summed E-state index contributed by atoms with van der Waals surface area (Å²) in [4.78, 5) is 61.1. The lowest BCUT2D eigenvalue weighted by atomic mass is 9.80. The molecule has 88 heavy (non-hydrogen) atoms. The van der Waals surface area contributed by atoms with Gasteiger partial charge in [-0.1, -0.05) is 87.0 Å². The first-order valence-corrected chi connectivity index (χ1v) is 28.0. The van der Waals surface area contributed by atoms with Crippen molar-refractivity contribution in [3.63, 3.8) is 0 Å². The standard InChI is InChI=1S/C68H78O20/c1-39(2)64(74)84-34-50(69)29-79-55-19-13-46(14-20-55)48-17-23-60(81-31-52(71)36-86-66(76)41(5)6)57(27-48)62(59-26-44(11)25-45(12)63(59)83-33-54(73)38-88-68(78)43(9)10)58-28-49(18-24-61(58)82-32-53(72)37-87-67(77)42(7)8)47-15-21-56(22-16-47)80-30-51(70)35-85-65(75)40(3)4/h13-28,50-54,62,69-73H,1,3,5,7,9,29-38H2,2,4,6,8,10-12H3. The van der Waals surface area contributed by atoms with Gasteiger partial charge in [0, 0.05) is 50.5 Å². The van der Waals surface area contributed by atoms with Crippen molar-refractivity contribution < 1.29 is 96.9 Å². The fourth-order valence-corrected chi connectivity index (χ4v) is 8.21. The van der Waals surface area contributed by atoms with Crippen LogP contribution >= 0.6 is 0 Å². The van der Waals surface area contributed by atoms with Gasteiger partial charge in [0.2, 0.25) is 0 Å². The summed E-state index contributed by atoms with van der Waals surface area (Å²) in [6, 6.07) is 28.4. The van der Waals surface area contributed by atoms with Gasteiger partial charge in [-0.05, 0) is 125 Å². The zero-order chi connectivity index (χ0) is 64.8. The maximum Gasteiger partial charge on any atom is 0.333 e. The molecule has 0 radical (unpaired) electrons. The molecule has 0 amide bonds. The van der Waals surface area contributed by atoms with E-state index in [1.165, 1.54) is 34.6 Å². The van der Waals surface area contributed by atoms with Gasteiger partial charge in [-0.2, -0.15) is 0 Å². The summed E-state index contributed by atoms with van der Waals surface area (Å²) in [7, 11) is 0. The van der Waals surface area contributed by atoms with E-state index in [4.69, 9.17) is 47.4 Å². The van der Waals surface area contributed by atoms with Gasteiger partial charge in [-0.25, -0.2) is 24.0 Å². The maximum absolute atomic E-state index is 12.4. The lowest BCUT2D eigenvalue weighted by Crippen LogP contribution is -2.27. The van der Waals surface area contributed by atoms with Gasteiger partial charge in [0.15, 0.2) is 0 Å². The smallest absolute Gasteiger partial charge is 0.333 e. The normalized spacial score (nSPS) is 13.0. The number of aliphatic hydroxyl groups is 5. The number of rotatable bonds is 35. The number of esters is 5. The third-order valence-corrected chi connectivity index (χ3v) is 12.7. The molecular formula is C68H78O20. The summed E-state index contributed by atoms with van der Waals surface area (Å²) < 4.78 is 57.3. The lowest BCUT2D eigenvalue weighted by Gasteiger charge is -2.29. The largest absolute Gasteiger partial charge is 0.491 e. The molecule has 5 N–H and O–H groups in total. The van der Waals surface area contributed by atoms with Crippen LogP contribution in [0.1, 0.15) is 68.4 Å². The fourth-order valence-electron chi connectivity index (χ4n) is 8.21. The molecule has 5 unspecified atom stereocenters. The van der Waals surface area contributed by atoms with E-state index in [-0.39, 0.29) is 85.6 Å². The van der Waals surface area contributed by atoms with Gasteiger partial charge in [0.05, 0.1) is 0 Å². The van der Waals surface area contributed by atoms with Gasteiger partial charge in [0.25, 0.3) is 0 Å². The number of aryl methyl sites for hydroxylation is 2. The van der Waals surface area contributed by atoms with Crippen molar-refractivity contribution in [3.05, 3.63) is 186 Å². The molecule has 0 aliphatic rings. The minimum absolute atomic E-state index is 0.125. The molecule has 5 aromatic carbocycles. The topological polar surface area (TPSA) is 279 Å². The fraction of sp³-hybridized carbons (Fsp3) is 0.338. The van der Waals surface area contributed by atoms with Crippen molar-refractivity contribution in [3.8, 4) is 51.0 Å². The summed E-state index contributed by atoms with van der Waals surface area (Å²) >= 11 is 0. The van der Waals surface area contributed by atoms with Crippen LogP contribution in [0.4, 0.5) is 0 Å². The third-order valence-electron chi connectivity index (χ3n) is 12.7. The van der Waals surface area contributed by atoms with Crippen LogP contribution in [0.25, 0.3) is 22.3 Å². The molecule has 0 saturated carbocycles. The second-order valence-electron chi connectivity index (χ2n) is 21.2. The van der Waals surface area contributed by atoms with Crippen LogP contribution in [0, 0.1) is 13.8 Å². The maximum atomic E-state index is 12.4. The van der Waals surface area contributed by atoms with Crippen molar-refractivity contribution in [2.45, 2.75) is 84.9 Å². The highest BCUT2D eigenvalue weighted by atomic mass is 16.6. The molecule has 5 aromatic rings. The van der Waals surface area contributed by atoms with Crippen molar-refractivity contribution in [1.29, 1.82) is 0 Å². The number of carbonyl (C=O) groups is 5. The first-order valence-electron chi connectivity index (χ1n) is 28.0. The minimum Gasteiger partial charge on any atom is -0.491 e. The van der Waals surface area contributed by atoms with E-state index < -0.39 is 86.1 Å². The summed E-state index contributed by atoms with van der Waals surface area (Å²) in [6.45, 7) is 25.6. The number of benzene rings is 5. The van der Waals surface area contributed by atoms with E-state index in [1.54, 1.807) is 72.8 Å². The average molecular weight is 1220 g/mol. The Morgan fingerprint density at radius 3 is 0.943 bits per heavy atom. The molecule has 5 rings (SSSR count). The second kappa shape index (κ2) is 33.7. The number of aliphatic hydroxyl groups excluding tert-OH is 5. The molecule has 20 nitrogen and oxygen atoms in total. The van der Waals surface area contributed by atoms with E-state index in [0.717, 1.165) is 5.56 Å². The Morgan fingerprint density at radius 1 is 0.352 bits per heavy atom. The van der Waals surface area contributed by atoms with Crippen LogP contribution in [0.5, 0.6) is 28.7 Å². The van der Waals surface area contributed by atoms with Crippen molar-refractivity contribution >= 4 is 29.8 Å². The van der Waals surface area contributed by atoms with Gasteiger partial charge in [0.1, 0.15) is 125 Å². The van der Waals surface area contributed by atoms with Gasteiger partial charge >= 0.3 is 29.8 Å². The van der Waals surface area contributed by atoms with E-state index in [0.29, 0.717) is 61.8 Å². The SMILES string of the molecule is C=C(C)C(=O)OCC(O)COc1ccc(-c2ccc(OCC(O)COC(=O)C(=C)C)c(C(c3cc(-c4ccc(OCC(O)COC(=O)C(=C)C)cc4)ccc3OCC(O)COC(=O)C(=C)C)c3cc(C)cc(C)c3OCC(O)COC(=O)C(=C)C)c2)cc1. The quantitative estimate of drug-likeness (QED) is 0.0111. The minimum atomic E-state index is -1.34. The highest BCUT2D eigenvalue weighted by Crippen LogP contribution is 2.48. The zero-order valence-electron chi connectivity index (χ0n) is 50.7. The molecule has 0 heterocycles. The molecule has 20 heteroatoms. The Morgan fingerprint density at radius 2 is 0.636 bits per heavy atom. The number of ether oxygens (including phenoxy) is 10. The van der Waals surface area contributed by atoms with E-state index in [1.807, 2.05) is 38.1 Å². The molecular weight excluding hydrogens is 1140 g/mol. The number of carbonyl (C=O) groups excluding carboxylic acids is 5. The van der Waals surface area contributed by atoms with Gasteiger partial charge < -0.3 is 72.9 Å². The Bertz CT molecular complexity index is 3140. The van der Waals surface area contributed by atoms with E-state index >= 15 is 0 Å². The van der Waals surface area contributed by atoms with Crippen LogP contribution in [0.2, 0.25) is 0 Å². The Hall–Kier alpha value is -9.05. The van der Waals surface area contributed by atoms with Gasteiger partial charge in [-0.15, -0.1) is 0 Å². The molecule has 0 aliphatic heterocycles. The van der Waals surface area contributed by atoms with Crippen LogP contribution in [-0.2, 0) is 47.7 Å². The summed E-state index contributed by atoms with van der Waals surface area (Å²) in [5, 5.41) is 54.8. The van der Waals surface area contributed by atoms with Crippen molar-refractivity contribution in [2.75, 3.05) is 66.1 Å². The molecule has 0 aliphatic carbocycles. The molecule has 0 saturated heterocycles. The lowest BCUT2D eigenvalue weighted by molar-refractivity contribution is -0.143. The highest BCUT2D eigenvalue weighted by molar-refractivity contribution is 5.88. The Kier molecular flexibility index (Phi) is 26.7. The number of hydrogen-bond donors (Lipinski definition) is 5. The van der Waals surface area contributed by atoms with Gasteiger partial charge in [-0.3, -0.25) is 0 Å². The predicted octanol–water partition coefficient (Wildman–Crippen LogP) is 8.11. The summed E-state index contributed by atoms with van der Waals surface area (Å²) in [6.07, 6.45) is -6.28. The average Bonchev–Trinajstić information content (AvgIpc) is 0.840. The molecule has 0 bridgehead atoms. The van der Waals surface area contributed by atoms with Crippen molar-refractivity contribution in [2.24, 2.45) is 0 Å². The first-order chi connectivity index (χ1) is 41.7. The molecule has 0 fully saturated rings. The van der Waals surface area contributed by atoms with E-state index in [2.05, 4.69) is 32.9 Å².